The Bertz CT molecular complexity index is 1330. The first-order valence-corrected chi connectivity index (χ1v) is 11.7. The summed E-state index contributed by atoms with van der Waals surface area (Å²) >= 11 is 7.60. The third-order valence-electron chi connectivity index (χ3n) is 5.87. The first kappa shape index (κ1) is 20.8. The van der Waals surface area contributed by atoms with E-state index in [-0.39, 0.29) is 5.91 Å². The number of nitrogens with one attached hydrogen (secondary N) is 1. The molecule has 2 aromatic heterocycles. The second-order valence-corrected chi connectivity index (χ2v) is 9.22. The van der Waals surface area contributed by atoms with Gasteiger partial charge < -0.3 is 15.8 Å². The molecule has 1 amide bonds. The Kier molecular flexibility index (Phi) is 5.49. The summed E-state index contributed by atoms with van der Waals surface area (Å²) in [5.74, 6) is 0.309. The molecule has 0 unspecified atom stereocenters. The van der Waals surface area contributed by atoms with E-state index >= 15 is 0 Å². The summed E-state index contributed by atoms with van der Waals surface area (Å²) in [4.78, 5) is 19.4. The highest BCUT2D eigenvalue weighted by Crippen LogP contribution is 2.42. The number of anilines is 2. The Hall–Kier alpha value is -3.09. The number of thiophene rings is 1. The smallest absolute Gasteiger partial charge is 0.267 e. The molecule has 2 aromatic carbocycles. The van der Waals surface area contributed by atoms with Crippen LogP contribution in [-0.2, 0) is 12.8 Å². The minimum absolute atomic E-state index is 0.300. The van der Waals surface area contributed by atoms with Crippen LogP contribution in [0.4, 0.5) is 11.4 Å². The SMILES string of the molecule is COc1ccc(Cl)c(NC(=O)c2sc3nc(-c4ccccc4)c4c(c3c2N)CCCC4)c1. The van der Waals surface area contributed by atoms with Crippen LogP contribution in [0.1, 0.15) is 33.6 Å². The van der Waals surface area contributed by atoms with Crippen LogP contribution in [-0.4, -0.2) is 18.0 Å². The van der Waals surface area contributed by atoms with Crippen LogP contribution >= 0.6 is 22.9 Å². The molecule has 1 aliphatic rings. The van der Waals surface area contributed by atoms with Crippen molar-refractivity contribution < 1.29 is 9.53 Å². The molecule has 1 aliphatic carbocycles. The normalized spacial score (nSPS) is 13.1. The third kappa shape index (κ3) is 3.59. The largest absolute Gasteiger partial charge is 0.497 e. The molecule has 5 nitrogen and oxygen atoms in total. The topological polar surface area (TPSA) is 77.2 Å². The first-order valence-electron chi connectivity index (χ1n) is 10.5. The third-order valence-corrected chi connectivity index (χ3v) is 7.30. The van der Waals surface area contributed by atoms with Crippen LogP contribution in [0.5, 0.6) is 5.75 Å². The van der Waals surface area contributed by atoms with E-state index in [4.69, 9.17) is 27.1 Å². The van der Waals surface area contributed by atoms with Gasteiger partial charge in [0.15, 0.2) is 0 Å². The number of pyridine rings is 1. The van der Waals surface area contributed by atoms with Crippen LogP contribution in [0, 0.1) is 0 Å². The average molecular weight is 464 g/mol. The van der Waals surface area contributed by atoms with Gasteiger partial charge in [-0.1, -0.05) is 41.9 Å². The standard InChI is InChI=1S/C25H22ClN3O2S/c1-31-15-11-12-18(26)19(13-15)28-24(30)23-21(27)20-16-9-5-6-10-17(16)22(29-25(20)32-23)14-7-3-2-4-8-14/h2-4,7-8,11-13H,5-6,9-10,27H2,1H3,(H,28,30). The highest BCUT2D eigenvalue weighted by Gasteiger charge is 2.26. The lowest BCUT2D eigenvalue weighted by Gasteiger charge is -2.20. The molecule has 162 valence electrons. The van der Waals surface area contributed by atoms with Gasteiger partial charge in [-0.15, -0.1) is 11.3 Å². The Morgan fingerprint density at radius 2 is 1.88 bits per heavy atom. The van der Waals surface area contributed by atoms with Gasteiger partial charge in [-0.25, -0.2) is 4.98 Å². The van der Waals surface area contributed by atoms with Gasteiger partial charge in [-0.05, 0) is 48.9 Å². The molecule has 0 saturated heterocycles. The average Bonchev–Trinajstić information content (AvgIpc) is 3.17. The van der Waals surface area contributed by atoms with Crippen molar-refractivity contribution in [1.82, 2.24) is 4.98 Å². The number of carbonyl (C=O) groups is 1. The number of fused-ring (bicyclic) bond motifs is 3. The molecular weight excluding hydrogens is 442 g/mol. The fraction of sp³-hybridized carbons (Fsp3) is 0.200. The molecule has 0 saturated carbocycles. The van der Waals surface area contributed by atoms with Gasteiger partial charge in [0, 0.05) is 17.0 Å². The van der Waals surface area contributed by atoms with E-state index in [1.54, 1.807) is 25.3 Å². The Balaban J connectivity index is 1.61. The van der Waals surface area contributed by atoms with Gasteiger partial charge in [0.05, 0.1) is 29.2 Å². The molecule has 0 bridgehead atoms. The summed E-state index contributed by atoms with van der Waals surface area (Å²) in [6.07, 6.45) is 4.15. The number of amides is 1. The first-order chi connectivity index (χ1) is 15.6. The zero-order valence-electron chi connectivity index (χ0n) is 17.6. The minimum atomic E-state index is -0.300. The van der Waals surface area contributed by atoms with Crippen LogP contribution in [0.3, 0.4) is 0 Å². The lowest BCUT2D eigenvalue weighted by atomic mass is 9.87. The lowest BCUT2D eigenvalue weighted by molar-refractivity contribution is 0.103. The molecule has 5 rings (SSSR count). The number of ether oxygens (including phenoxy) is 1. The number of benzene rings is 2. The maximum atomic E-state index is 13.2. The van der Waals surface area contributed by atoms with Gasteiger partial charge in [0.25, 0.3) is 5.91 Å². The number of nitrogen functional groups attached to an aromatic ring is 1. The van der Waals surface area contributed by atoms with Crippen LogP contribution in [0.2, 0.25) is 5.02 Å². The summed E-state index contributed by atoms with van der Waals surface area (Å²) < 4.78 is 5.24. The van der Waals surface area contributed by atoms with Crippen molar-refractivity contribution in [1.29, 1.82) is 0 Å². The minimum Gasteiger partial charge on any atom is -0.497 e. The molecular formula is C25H22ClN3O2S. The summed E-state index contributed by atoms with van der Waals surface area (Å²) in [5, 5.41) is 4.23. The van der Waals surface area contributed by atoms with E-state index < -0.39 is 0 Å². The van der Waals surface area contributed by atoms with Crippen molar-refractivity contribution in [2.45, 2.75) is 25.7 Å². The number of aryl methyl sites for hydroxylation is 1. The lowest BCUT2D eigenvalue weighted by Crippen LogP contribution is -2.12. The number of methoxy groups -OCH3 is 1. The Labute approximate surface area is 195 Å². The highest BCUT2D eigenvalue weighted by molar-refractivity contribution is 7.21. The zero-order chi connectivity index (χ0) is 22.2. The summed E-state index contributed by atoms with van der Waals surface area (Å²) in [6.45, 7) is 0. The molecule has 7 heteroatoms. The van der Waals surface area contributed by atoms with Gasteiger partial charge >= 0.3 is 0 Å². The van der Waals surface area contributed by atoms with Crippen LogP contribution in [0.25, 0.3) is 21.5 Å². The van der Waals surface area contributed by atoms with Crippen LogP contribution in [0.15, 0.2) is 48.5 Å². The van der Waals surface area contributed by atoms with Gasteiger partial charge in [0.2, 0.25) is 0 Å². The molecule has 0 fully saturated rings. The Morgan fingerprint density at radius 3 is 2.62 bits per heavy atom. The second-order valence-electron chi connectivity index (χ2n) is 7.82. The number of aromatic nitrogens is 1. The number of carbonyl (C=O) groups excluding carboxylic acids is 1. The number of rotatable bonds is 4. The molecule has 0 atom stereocenters. The number of hydrogen-bond donors (Lipinski definition) is 2. The summed E-state index contributed by atoms with van der Waals surface area (Å²) in [5.41, 5.74) is 12.1. The molecule has 32 heavy (non-hydrogen) atoms. The van der Waals surface area contributed by atoms with E-state index in [9.17, 15) is 4.79 Å². The second kappa shape index (κ2) is 8.45. The maximum Gasteiger partial charge on any atom is 0.267 e. The van der Waals surface area contributed by atoms with Gasteiger partial charge in [-0.2, -0.15) is 0 Å². The fourth-order valence-corrected chi connectivity index (χ4v) is 5.51. The van der Waals surface area contributed by atoms with Crippen molar-refractivity contribution in [3.05, 3.63) is 69.6 Å². The number of hydrogen-bond acceptors (Lipinski definition) is 5. The maximum absolute atomic E-state index is 13.2. The zero-order valence-corrected chi connectivity index (χ0v) is 19.1. The summed E-state index contributed by atoms with van der Waals surface area (Å²) in [6, 6.07) is 15.3. The molecule has 2 heterocycles. The molecule has 4 aromatic rings. The van der Waals surface area contributed by atoms with E-state index in [1.165, 1.54) is 22.5 Å². The van der Waals surface area contributed by atoms with Crippen molar-refractivity contribution >= 4 is 50.4 Å². The van der Waals surface area contributed by atoms with Crippen molar-refractivity contribution in [2.75, 3.05) is 18.2 Å². The van der Waals surface area contributed by atoms with Gasteiger partial charge in [-0.3, -0.25) is 4.79 Å². The van der Waals surface area contributed by atoms with E-state index in [0.717, 1.165) is 47.2 Å². The quantitative estimate of drug-likeness (QED) is 0.370. The Morgan fingerprint density at radius 1 is 1.12 bits per heavy atom. The predicted molar refractivity (Wildman–Crippen MR) is 132 cm³/mol. The number of nitrogens with zero attached hydrogens (tertiary/aromatic N) is 1. The monoisotopic (exact) mass is 463 g/mol. The van der Waals surface area contributed by atoms with E-state index in [1.807, 2.05) is 18.2 Å². The predicted octanol–water partition coefficient (Wildman–Crippen LogP) is 6.34. The van der Waals surface area contributed by atoms with E-state index in [2.05, 4.69) is 17.4 Å². The van der Waals surface area contributed by atoms with Crippen molar-refractivity contribution in [3.63, 3.8) is 0 Å². The molecule has 3 N–H and O–H groups in total. The highest BCUT2D eigenvalue weighted by atomic mass is 35.5. The van der Waals surface area contributed by atoms with Crippen molar-refractivity contribution in [2.24, 2.45) is 0 Å². The number of nitrogens with two attached hydrogens (primary N) is 1. The molecule has 0 radical (unpaired) electrons. The fourth-order valence-electron chi connectivity index (χ4n) is 4.32. The molecule has 0 spiro atoms. The van der Waals surface area contributed by atoms with E-state index in [0.29, 0.717) is 27.0 Å². The van der Waals surface area contributed by atoms with Crippen molar-refractivity contribution in [3.8, 4) is 17.0 Å². The number of halogens is 1. The summed E-state index contributed by atoms with van der Waals surface area (Å²) in [7, 11) is 1.57. The molecule has 0 aliphatic heterocycles. The van der Waals surface area contributed by atoms with Gasteiger partial charge in [0.1, 0.15) is 15.5 Å². The van der Waals surface area contributed by atoms with Crippen LogP contribution < -0.4 is 15.8 Å².